The highest BCUT2D eigenvalue weighted by atomic mass is 32.2. The van der Waals surface area contributed by atoms with Gasteiger partial charge < -0.3 is 4.90 Å². The van der Waals surface area contributed by atoms with E-state index in [4.69, 9.17) is 0 Å². The number of benzene rings is 1. The third-order valence-electron chi connectivity index (χ3n) is 3.33. The van der Waals surface area contributed by atoms with Crippen LogP contribution < -0.4 is 0 Å². The van der Waals surface area contributed by atoms with Crippen molar-refractivity contribution in [3.05, 3.63) is 41.3 Å². The summed E-state index contributed by atoms with van der Waals surface area (Å²) in [5.41, 5.74) is -0.120. The number of rotatable bonds is 4. The Hall–Kier alpha value is -1.51. The van der Waals surface area contributed by atoms with Gasteiger partial charge in [-0.1, -0.05) is 0 Å². The molecule has 20 heavy (non-hydrogen) atoms. The fourth-order valence-corrected chi connectivity index (χ4v) is 3.50. The molecule has 1 aliphatic heterocycles. The standard InChI is InChI=1S/C12H16N3O4S/c1-2-13-7-9-14(10-8-13)20(18,19)12-5-3-11(4-6-12)15(16)17/h3-6H,1-2,7-10H2. The van der Waals surface area contributed by atoms with Crippen LogP contribution in [-0.2, 0) is 10.0 Å². The van der Waals surface area contributed by atoms with Crippen LogP contribution in [0.1, 0.15) is 0 Å². The van der Waals surface area contributed by atoms with Crippen LogP contribution in [0.4, 0.5) is 5.69 Å². The Morgan fingerprint density at radius 3 is 2.15 bits per heavy atom. The smallest absolute Gasteiger partial charge is 0.269 e. The Bertz CT molecular complexity index is 577. The third-order valence-corrected chi connectivity index (χ3v) is 5.25. The minimum atomic E-state index is -3.57. The Labute approximate surface area is 118 Å². The fourth-order valence-electron chi connectivity index (χ4n) is 2.08. The molecule has 2 rings (SSSR count). The number of hydrogen-bond donors (Lipinski definition) is 0. The van der Waals surface area contributed by atoms with Crippen LogP contribution in [0.15, 0.2) is 29.2 Å². The maximum absolute atomic E-state index is 12.4. The number of nitro benzene ring substituents is 1. The van der Waals surface area contributed by atoms with E-state index in [2.05, 4.69) is 11.8 Å². The van der Waals surface area contributed by atoms with Crippen molar-refractivity contribution in [3.8, 4) is 0 Å². The molecule has 1 aliphatic rings. The molecule has 7 nitrogen and oxygen atoms in total. The van der Waals surface area contributed by atoms with Gasteiger partial charge >= 0.3 is 0 Å². The third kappa shape index (κ3) is 2.97. The van der Waals surface area contributed by atoms with Crippen molar-refractivity contribution in [2.24, 2.45) is 0 Å². The first-order chi connectivity index (χ1) is 9.45. The molecule has 1 aromatic carbocycles. The number of nitrogens with zero attached hydrogens (tertiary/aromatic N) is 3. The molecule has 109 valence electrons. The molecule has 1 radical (unpaired) electrons. The van der Waals surface area contributed by atoms with Crippen LogP contribution in [0.5, 0.6) is 0 Å². The molecule has 0 aliphatic carbocycles. The van der Waals surface area contributed by atoms with Gasteiger partial charge in [-0.3, -0.25) is 10.1 Å². The molecule has 0 aromatic heterocycles. The number of hydrogen-bond acceptors (Lipinski definition) is 5. The number of sulfonamides is 1. The Morgan fingerprint density at radius 1 is 1.15 bits per heavy atom. The van der Waals surface area contributed by atoms with E-state index in [1.807, 2.05) is 0 Å². The summed E-state index contributed by atoms with van der Waals surface area (Å²) in [5.74, 6) is 0. The zero-order valence-corrected chi connectivity index (χ0v) is 11.8. The van der Waals surface area contributed by atoms with Crippen molar-refractivity contribution in [1.29, 1.82) is 0 Å². The molecule has 0 saturated carbocycles. The second-order valence-electron chi connectivity index (χ2n) is 4.50. The van der Waals surface area contributed by atoms with Crippen molar-refractivity contribution >= 4 is 15.7 Å². The van der Waals surface area contributed by atoms with Gasteiger partial charge in [0.05, 0.1) is 9.82 Å². The van der Waals surface area contributed by atoms with Crippen molar-refractivity contribution < 1.29 is 13.3 Å². The zero-order chi connectivity index (χ0) is 14.8. The number of nitro groups is 1. The summed E-state index contributed by atoms with van der Waals surface area (Å²) in [4.78, 5) is 12.2. The van der Waals surface area contributed by atoms with Crippen LogP contribution in [0.2, 0.25) is 0 Å². The van der Waals surface area contributed by atoms with E-state index < -0.39 is 14.9 Å². The lowest BCUT2D eigenvalue weighted by atomic mass is 10.3. The van der Waals surface area contributed by atoms with Crippen LogP contribution in [-0.4, -0.2) is 55.3 Å². The van der Waals surface area contributed by atoms with Crippen LogP contribution in [0.25, 0.3) is 0 Å². The monoisotopic (exact) mass is 298 g/mol. The molecule has 0 unspecified atom stereocenters. The topological polar surface area (TPSA) is 83.8 Å². The summed E-state index contributed by atoms with van der Waals surface area (Å²) < 4.78 is 26.2. The molecule has 0 N–H and O–H groups in total. The van der Waals surface area contributed by atoms with E-state index in [1.165, 1.54) is 28.6 Å². The number of piperazine rings is 1. The molecule has 1 saturated heterocycles. The van der Waals surface area contributed by atoms with Crippen molar-refractivity contribution in [2.75, 3.05) is 32.7 Å². The highest BCUT2D eigenvalue weighted by molar-refractivity contribution is 7.89. The predicted octanol–water partition coefficient (Wildman–Crippen LogP) is 0.735. The minimum Gasteiger partial charge on any atom is -0.301 e. The van der Waals surface area contributed by atoms with E-state index >= 15 is 0 Å². The second kappa shape index (κ2) is 5.86. The van der Waals surface area contributed by atoms with Gasteiger partial charge in [-0.05, 0) is 25.6 Å². The van der Waals surface area contributed by atoms with E-state index in [-0.39, 0.29) is 10.6 Å². The van der Waals surface area contributed by atoms with E-state index in [0.717, 1.165) is 0 Å². The Kier molecular flexibility index (Phi) is 4.36. The summed E-state index contributed by atoms with van der Waals surface area (Å²) >= 11 is 0. The predicted molar refractivity (Wildman–Crippen MR) is 73.7 cm³/mol. The van der Waals surface area contributed by atoms with E-state index in [0.29, 0.717) is 32.7 Å². The average Bonchev–Trinajstić information content (AvgIpc) is 2.47. The summed E-state index contributed by atoms with van der Waals surface area (Å²) in [7, 11) is -3.57. The molecule has 1 fully saturated rings. The van der Waals surface area contributed by atoms with Crippen molar-refractivity contribution in [2.45, 2.75) is 4.90 Å². The molecular weight excluding hydrogens is 282 g/mol. The van der Waals surface area contributed by atoms with Crippen LogP contribution in [0, 0.1) is 17.0 Å². The van der Waals surface area contributed by atoms with Crippen LogP contribution >= 0.6 is 0 Å². The lowest BCUT2D eigenvalue weighted by Gasteiger charge is -2.33. The molecule has 8 heteroatoms. The lowest BCUT2D eigenvalue weighted by molar-refractivity contribution is -0.384. The lowest BCUT2D eigenvalue weighted by Crippen LogP contribution is -2.48. The van der Waals surface area contributed by atoms with Gasteiger partial charge in [0.2, 0.25) is 10.0 Å². The van der Waals surface area contributed by atoms with Crippen LogP contribution in [0.3, 0.4) is 0 Å². The van der Waals surface area contributed by atoms with Gasteiger partial charge in [0, 0.05) is 38.3 Å². The molecule has 1 aromatic rings. The average molecular weight is 298 g/mol. The maximum atomic E-state index is 12.4. The molecule has 0 spiro atoms. The van der Waals surface area contributed by atoms with Gasteiger partial charge in [0.15, 0.2) is 0 Å². The molecule has 0 atom stereocenters. The van der Waals surface area contributed by atoms with Gasteiger partial charge in [-0.2, -0.15) is 4.31 Å². The zero-order valence-electron chi connectivity index (χ0n) is 10.9. The molecular formula is C12H16N3O4S. The summed E-state index contributed by atoms with van der Waals surface area (Å²) in [5, 5.41) is 10.6. The van der Waals surface area contributed by atoms with Gasteiger partial charge in [0.25, 0.3) is 5.69 Å². The summed E-state index contributed by atoms with van der Waals surface area (Å²) in [6.07, 6.45) is 0. The largest absolute Gasteiger partial charge is 0.301 e. The van der Waals surface area contributed by atoms with Gasteiger partial charge in [-0.25, -0.2) is 8.42 Å². The van der Waals surface area contributed by atoms with Gasteiger partial charge in [-0.15, -0.1) is 0 Å². The molecule has 0 amide bonds. The van der Waals surface area contributed by atoms with Crippen molar-refractivity contribution in [3.63, 3.8) is 0 Å². The fraction of sp³-hybridized carbons (Fsp3) is 0.417. The highest BCUT2D eigenvalue weighted by Gasteiger charge is 2.28. The Morgan fingerprint density at radius 2 is 1.70 bits per heavy atom. The number of non-ortho nitro benzene ring substituents is 1. The molecule has 0 bridgehead atoms. The maximum Gasteiger partial charge on any atom is 0.269 e. The first kappa shape index (κ1) is 14.9. The Balaban J connectivity index is 2.16. The minimum absolute atomic E-state index is 0.0890. The summed E-state index contributed by atoms with van der Waals surface area (Å²) in [6.45, 7) is 6.55. The van der Waals surface area contributed by atoms with Crippen molar-refractivity contribution in [1.82, 2.24) is 9.21 Å². The first-order valence-corrected chi connectivity index (χ1v) is 7.65. The van der Waals surface area contributed by atoms with Gasteiger partial charge in [0.1, 0.15) is 0 Å². The second-order valence-corrected chi connectivity index (χ2v) is 6.43. The quantitative estimate of drug-likeness (QED) is 0.604. The normalized spacial score (nSPS) is 18.1. The van der Waals surface area contributed by atoms with E-state index in [9.17, 15) is 18.5 Å². The molecule has 1 heterocycles. The SMILES string of the molecule is [CH2]CN1CCN(S(=O)(=O)c2ccc([N+](=O)[O-])cc2)CC1. The summed E-state index contributed by atoms with van der Waals surface area (Å²) in [6, 6.07) is 4.97. The van der Waals surface area contributed by atoms with E-state index in [1.54, 1.807) is 0 Å². The first-order valence-electron chi connectivity index (χ1n) is 6.21. The highest BCUT2D eigenvalue weighted by Crippen LogP contribution is 2.20.